The molecule has 0 radical (unpaired) electrons. The van der Waals surface area contributed by atoms with Gasteiger partial charge in [-0.3, -0.25) is 5.41 Å². The lowest BCUT2D eigenvalue weighted by molar-refractivity contribution is 0.100. The predicted octanol–water partition coefficient (Wildman–Crippen LogP) is 2.08. The van der Waals surface area contributed by atoms with Crippen LogP contribution in [0.1, 0.15) is 24.5 Å². The molecular weight excluding hydrogens is 216 g/mol. The summed E-state index contributed by atoms with van der Waals surface area (Å²) >= 11 is 0. The molecule has 0 saturated carbocycles. The summed E-state index contributed by atoms with van der Waals surface area (Å²) in [5.74, 6) is 0.815. The maximum Gasteiger partial charge on any atom is 0.123 e. The van der Waals surface area contributed by atoms with Gasteiger partial charge < -0.3 is 15.2 Å². The number of aryl methyl sites for hydroxylation is 1. The molecule has 0 aliphatic carbocycles. The molecule has 0 bridgehead atoms. The van der Waals surface area contributed by atoms with Gasteiger partial charge >= 0.3 is 0 Å². The van der Waals surface area contributed by atoms with Crippen molar-refractivity contribution in [3.05, 3.63) is 29.3 Å². The Morgan fingerprint density at radius 3 is 2.71 bits per heavy atom. The topological polar surface area (TPSA) is 68.3 Å². The number of hydrogen-bond acceptors (Lipinski definition) is 3. The molecule has 1 aromatic rings. The van der Waals surface area contributed by atoms with E-state index in [0.29, 0.717) is 18.8 Å². The van der Waals surface area contributed by atoms with Crippen molar-refractivity contribution in [2.45, 2.75) is 20.3 Å². The molecule has 0 fully saturated rings. The van der Waals surface area contributed by atoms with E-state index in [0.717, 1.165) is 24.3 Å². The number of rotatable bonds is 7. The average Bonchev–Trinajstić information content (AvgIpc) is 2.30. The summed E-state index contributed by atoms with van der Waals surface area (Å²) in [6.45, 7) is 5.89. The van der Waals surface area contributed by atoms with E-state index >= 15 is 0 Å². The molecule has 0 heterocycles. The first-order chi connectivity index (χ1) is 8.15. The van der Waals surface area contributed by atoms with Gasteiger partial charge in [0.25, 0.3) is 0 Å². The van der Waals surface area contributed by atoms with Crippen LogP contribution in [-0.2, 0) is 4.74 Å². The second kappa shape index (κ2) is 6.91. The van der Waals surface area contributed by atoms with E-state index < -0.39 is 0 Å². The van der Waals surface area contributed by atoms with Gasteiger partial charge in [-0.1, -0.05) is 19.1 Å². The summed E-state index contributed by atoms with van der Waals surface area (Å²) in [7, 11) is 0. The van der Waals surface area contributed by atoms with Crippen LogP contribution >= 0.6 is 0 Å². The minimum atomic E-state index is 0.0529. The highest BCUT2D eigenvalue weighted by Crippen LogP contribution is 2.19. The van der Waals surface area contributed by atoms with E-state index in [4.69, 9.17) is 20.6 Å². The Morgan fingerprint density at radius 2 is 2.06 bits per heavy atom. The second-order valence-electron chi connectivity index (χ2n) is 3.85. The van der Waals surface area contributed by atoms with Crippen LogP contribution in [0.2, 0.25) is 0 Å². The van der Waals surface area contributed by atoms with E-state index in [9.17, 15) is 0 Å². The average molecular weight is 236 g/mol. The highest BCUT2D eigenvalue weighted by Gasteiger charge is 2.03. The minimum absolute atomic E-state index is 0.0529. The minimum Gasteiger partial charge on any atom is -0.491 e. The number of nitrogens with two attached hydrogens (primary N) is 1. The van der Waals surface area contributed by atoms with Gasteiger partial charge in [-0.15, -0.1) is 0 Å². The molecule has 4 nitrogen and oxygen atoms in total. The first kappa shape index (κ1) is 13.5. The zero-order valence-electron chi connectivity index (χ0n) is 10.5. The lowest BCUT2D eigenvalue weighted by Crippen LogP contribution is -2.12. The van der Waals surface area contributed by atoms with Gasteiger partial charge in [0.2, 0.25) is 0 Å². The van der Waals surface area contributed by atoms with Gasteiger partial charge in [-0.2, -0.15) is 0 Å². The van der Waals surface area contributed by atoms with E-state index in [2.05, 4.69) is 6.92 Å². The predicted molar refractivity (Wildman–Crippen MR) is 68.8 cm³/mol. The molecule has 0 atom stereocenters. The van der Waals surface area contributed by atoms with Crippen molar-refractivity contribution in [2.24, 2.45) is 5.73 Å². The molecule has 1 rings (SSSR count). The molecule has 0 amide bonds. The summed E-state index contributed by atoms with van der Waals surface area (Å²) < 4.78 is 10.9. The Labute approximate surface area is 102 Å². The zero-order chi connectivity index (χ0) is 12.7. The lowest BCUT2D eigenvalue weighted by atomic mass is 10.1. The fraction of sp³-hybridized carbons (Fsp3) is 0.462. The maximum atomic E-state index is 7.37. The normalized spacial score (nSPS) is 10.2. The van der Waals surface area contributed by atoms with Crippen molar-refractivity contribution in [2.75, 3.05) is 19.8 Å². The van der Waals surface area contributed by atoms with Crippen LogP contribution in [0.4, 0.5) is 0 Å². The molecule has 17 heavy (non-hydrogen) atoms. The van der Waals surface area contributed by atoms with Crippen LogP contribution in [0.25, 0.3) is 0 Å². The van der Waals surface area contributed by atoms with Crippen molar-refractivity contribution in [3.63, 3.8) is 0 Å². The Morgan fingerprint density at radius 1 is 1.29 bits per heavy atom. The molecule has 0 spiro atoms. The first-order valence-electron chi connectivity index (χ1n) is 5.80. The molecule has 0 saturated heterocycles. The van der Waals surface area contributed by atoms with Crippen LogP contribution in [0.5, 0.6) is 5.75 Å². The molecule has 3 N–H and O–H groups in total. The van der Waals surface area contributed by atoms with Crippen LogP contribution in [0.3, 0.4) is 0 Å². The van der Waals surface area contributed by atoms with E-state index in [1.165, 1.54) is 0 Å². The second-order valence-corrected chi connectivity index (χ2v) is 3.85. The Balaban J connectivity index is 2.51. The summed E-state index contributed by atoms with van der Waals surface area (Å²) in [6, 6.07) is 5.51. The summed E-state index contributed by atoms with van der Waals surface area (Å²) in [5.41, 5.74) is 7.14. The number of hydrogen-bond donors (Lipinski definition) is 2. The lowest BCUT2D eigenvalue weighted by Gasteiger charge is -2.10. The van der Waals surface area contributed by atoms with Crippen molar-refractivity contribution >= 4 is 5.84 Å². The number of benzene rings is 1. The Hall–Kier alpha value is -1.55. The van der Waals surface area contributed by atoms with Crippen molar-refractivity contribution in [1.29, 1.82) is 5.41 Å². The fourth-order valence-electron chi connectivity index (χ4n) is 1.38. The van der Waals surface area contributed by atoms with Crippen molar-refractivity contribution in [3.8, 4) is 5.75 Å². The quantitative estimate of drug-likeness (QED) is 0.432. The maximum absolute atomic E-state index is 7.37. The van der Waals surface area contributed by atoms with Crippen molar-refractivity contribution in [1.82, 2.24) is 0 Å². The van der Waals surface area contributed by atoms with Gasteiger partial charge in [0.05, 0.1) is 6.61 Å². The Bertz CT molecular complexity index is 378. The smallest absolute Gasteiger partial charge is 0.123 e. The third kappa shape index (κ3) is 4.44. The fourth-order valence-corrected chi connectivity index (χ4v) is 1.38. The van der Waals surface area contributed by atoms with E-state index in [1.54, 1.807) is 6.07 Å². The number of ether oxygens (including phenoxy) is 2. The zero-order valence-corrected chi connectivity index (χ0v) is 10.5. The number of nitrogen functional groups attached to an aromatic ring is 1. The van der Waals surface area contributed by atoms with Gasteiger partial charge in [-0.05, 0) is 25.0 Å². The van der Waals surface area contributed by atoms with E-state index in [-0.39, 0.29) is 5.84 Å². The van der Waals surface area contributed by atoms with Crippen LogP contribution in [0, 0.1) is 12.3 Å². The summed E-state index contributed by atoms with van der Waals surface area (Å²) in [4.78, 5) is 0. The molecule has 0 unspecified atom stereocenters. The highest BCUT2D eigenvalue weighted by molar-refractivity contribution is 5.95. The first-order valence-corrected chi connectivity index (χ1v) is 5.80. The van der Waals surface area contributed by atoms with Crippen LogP contribution in [-0.4, -0.2) is 25.7 Å². The molecule has 0 aliphatic rings. The third-order valence-corrected chi connectivity index (χ3v) is 2.33. The summed E-state index contributed by atoms with van der Waals surface area (Å²) in [6.07, 6.45) is 1.01. The molecule has 1 aromatic carbocycles. The van der Waals surface area contributed by atoms with Crippen LogP contribution in [0.15, 0.2) is 18.2 Å². The van der Waals surface area contributed by atoms with E-state index in [1.807, 2.05) is 19.1 Å². The molecule has 0 aliphatic heterocycles. The Kier molecular flexibility index (Phi) is 5.49. The van der Waals surface area contributed by atoms with Crippen molar-refractivity contribution < 1.29 is 9.47 Å². The third-order valence-electron chi connectivity index (χ3n) is 2.33. The largest absolute Gasteiger partial charge is 0.491 e. The van der Waals surface area contributed by atoms with Gasteiger partial charge in [-0.25, -0.2) is 0 Å². The van der Waals surface area contributed by atoms with Gasteiger partial charge in [0.1, 0.15) is 18.2 Å². The summed E-state index contributed by atoms with van der Waals surface area (Å²) in [5, 5.41) is 7.37. The molecule has 94 valence electrons. The SMILES string of the molecule is CCCOCCOc1cc(C(=N)N)ccc1C. The molecule has 0 aromatic heterocycles. The molecule has 4 heteroatoms. The standard InChI is InChI=1S/C13H20N2O2/c1-3-6-16-7-8-17-12-9-11(13(14)15)5-4-10(12)2/h4-5,9H,3,6-8H2,1-2H3,(H3,14,15). The monoisotopic (exact) mass is 236 g/mol. The molecular formula is C13H20N2O2. The van der Waals surface area contributed by atoms with Crippen LogP contribution < -0.4 is 10.5 Å². The number of nitrogens with one attached hydrogen (secondary N) is 1. The number of amidine groups is 1. The van der Waals surface area contributed by atoms with Gasteiger partial charge in [0, 0.05) is 12.2 Å². The van der Waals surface area contributed by atoms with Gasteiger partial charge in [0.15, 0.2) is 0 Å². The highest BCUT2D eigenvalue weighted by atomic mass is 16.5.